The van der Waals surface area contributed by atoms with Crippen LogP contribution in [0, 0.1) is 0 Å². The van der Waals surface area contributed by atoms with Crippen molar-refractivity contribution in [2.75, 3.05) is 33.3 Å². The number of hydrogen-bond acceptors (Lipinski definition) is 3. The number of benzene rings is 1. The first kappa shape index (κ1) is 17.3. The molecule has 0 atom stereocenters. The lowest BCUT2D eigenvalue weighted by atomic mass is 10.2. The van der Waals surface area contributed by atoms with Crippen molar-refractivity contribution in [3.8, 4) is 5.75 Å². The number of methoxy groups -OCH3 is 1. The molecule has 0 aliphatic carbocycles. The SMILES string of the molecule is CCN(CC)CCCNC(=O)NCc1ccc(OC)cc1. The number of rotatable bonds is 9. The molecule has 1 aromatic rings. The average Bonchev–Trinajstić information content (AvgIpc) is 2.53. The number of amides is 2. The van der Waals surface area contributed by atoms with Gasteiger partial charge in [0, 0.05) is 13.1 Å². The molecule has 0 spiro atoms. The smallest absolute Gasteiger partial charge is 0.315 e. The van der Waals surface area contributed by atoms with Crippen molar-refractivity contribution >= 4 is 6.03 Å². The number of urea groups is 1. The van der Waals surface area contributed by atoms with E-state index in [9.17, 15) is 4.79 Å². The Hall–Kier alpha value is -1.75. The number of hydrogen-bond donors (Lipinski definition) is 2. The van der Waals surface area contributed by atoms with Gasteiger partial charge in [0.05, 0.1) is 7.11 Å². The summed E-state index contributed by atoms with van der Waals surface area (Å²) in [5.74, 6) is 0.819. The zero-order chi connectivity index (χ0) is 15.5. The quantitative estimate of drug-likeness (QED) is 0.687. The second-order valence-electron chi connectivity index (χ2n) is 4.84. The summed E-state index contributed by atoms with van der Waals surface area (Å²) in [6.45, 7) is 8.65. The van der Waals surface area contributed by atoms with Gasteiger partial charge >= 0.3 is 6.03 Å². The molecule has 2 amide bonds. The maximum atomic E-state index is 11.7. The fraction of sp³-hybridized carbons (Fsp3) is 0.562. The lowest BCUT2D eigenvalue weighted by Gasteiger charge is -2.17. The topological polar surface area (TPSA) is 53.6 Å². The molecule has 118 valence electrons. The molecule has 0 saturated carbocycles. The van der Waals surface area contributed by atoms with Crippen LogP contribution in [0.5, 0.6) is 5.75 Å². The van der Waals surface area contributed by atoms with E-state index >= 15 is 0 Å². The Bertz CT molecular complexity index is 402. The van der Waals surface area contributed by atoms with Gasteiger partial charge in [0.1, 0.15) is 5.75 Å². The van der Waals surface area contributed by atoms with E-state index in [0.717, 1.165) is 37.4 Å². The molecule has 0 aliphatic heterocycles. The first-order chi connectivity index (χ1) is 10.2. The largest absolute Gasteiger partial charge is 0.497 e. The Balaban J connectivity index is 2.15. The van der Waals surface area contributed by atoms with Crippen molar-refractivity contribution < 1.29 is 9.53 Å². The molecule has 21 heavy (non-hydrogen) atoms. The standard InChI is InChI=1S/C16H27N3O2/c1-4-19(5-2)12-6-11-17-16(20)18-13-14-7-9-15(21-3)10-8-14/h7-10H,4-6,11-13H2,1-3H3,(H2,17,18,20). The van der Waals surface area contributed by atoms with Crippen LogP contribution >= 0.6 is 0 Å². The summed E-state index contributed by atoms with van der Waals surface area (Å²) in [6.07, 6.45) is 0.970. The summed E-state index contributed by atoms with van der Waals surface area (Å²) in [5, 5.41) is 5.73. The zero-order valence-corrected chi connectivity index (χ0v) is 13.3. The minimum Gasteiger partial charge on any atom is -0.497 e. The summed E-state index contributed by atoms with van der Waals surface area (Å²) in [4.78, 5) is 14.0. The minimum absolute atomic E-state index is 0.120. The van der Waals surface area contributed by atoms with Gasteiger partial charge in [0.2, 0.25) is 0 Å². The predicted octanol–water partition coefficient (Wildman–Crippen LogP) is 2.23. The van der Waals surface area contributed by atoms with Crippen molar-refractivity contribution in [3.05, 3.63) is 29.8 Å². The molecule has 1 aromatic carbocycles. The van der Waals surface area contributed by atoms with Crippen molar-refractivity contribution in [2.45, 2.75) is 26.8 Å². The Kier molecular flexibility index (Phi) is 8.28. The van der Waals surface area contributed by atoms with Crippen LogP contribution in [0.4, 0.5) is 4.79 Å². The van der Waals surface area contributed by atoms with Crippen molar-refractivity contribution in [1.29, 1.82) is 0 Å². The second kappa shape index (κ2) is 10.0. The van der Waals surface area contributed by atoms with E-state index in [1.165, 1.54) is 0 Å². The molecule has 0 bridgehead atoms. The molecular weight excluding hydrogens is 266 g/mol. The number of carbonyl (C=O) groups is 1. The van der Waals surface area contributed by atoms with Gasteiger partial charge < -0.3 is 20.3 Å². The first-order valence-electron chi connectivity index (χ1n) is 7.56. The number of nitrogens with zero attached hydrogens (tertiary/aromatic N) is 1. The van der Waals surface area contributed by atoms with E-state index in [0.29, 0.717) is 13.1 Å². The highest BCUT2D eigenvalue weighted by Gasteiger charge is 2.02. The lowest BCUT2D eigenvalue weighted by Crippen LogP contribution is -2.36. The van der Waals surface area contributed by atoms with Gasteiger partial charge in [0.15, 0.2) is 0 Å². The molecule has 0 heterocycles. The van der Waals surface area contributed by atoms with Gasteiger partial charge in [-0.15, -0.1) is 0 Å². The highest BCUT2D eigenvalue weighted by molar-refractivity contribution is 5.73. The van der Waals surface area contributed by atoms with Gasteiger partial charge in [-0.1, -0.05) is 26.0 Å². The van der Waals surface area contributed by atoms with Gasteiger partial charge in [-0.3, -0.25) is 0 Å². The monoisotopic (exact) mass is 293 g/mol. The van der Waals surface area contributed by atoms with Crippen molar-refractivity contribution in [3.63, 3.8) is 0 Å². The zero-order valence-electron chi connectivity index (χ0n) is 13.3. The Morgan fingerprint density at radius 3 is 2.38 bits per heavy atom. The second-order valence-corrected chi connectivity index (χ2v) is 4.84. The summed E-state index contributed by atoms with van der Waals surface area (Å²) in [6, 6.07) is 7.54. The first-order valence-corrected chi connectivity index (χ1v) is 7.56. The number of ether oxygens (including phenoxy) is 1. The molecule has 2 N–H and O–H groups in total. The minimum atomic E-state index is -0.120. The van der Waals surface area contributed by atoms with E-state index in [2.05, 4.69) is 29.4 Å². The average molecular weight is 293 g/mol. The molecule has 0 aromatic heterocycles. The fourth-order valence-electron chi connectivity index (χ4n) is 2.03. The molecule has 0 unspecified atom stereocenters. The Morgan fingerprint density at radius 2 is 1.81 bits per heavy atom. The van der Waals surface area contributed by atoms with Crippen LogP contribution in [0.3, 0.4) is 0 Å². The van der Waals surface area contributed by atoms with E-state index < -0.39 is 0 Å². The molecular formula is C16H27N3O2. The summed E-state index contributed by atoms with van der Waals surface area (Å²) in [5.41, 5.74) is 1.05. The molecule has 1 rings (SSSR count). The van der Waals surface area contributed by atoms with Crippen LogP contribution in [0.1, 0.15) is 25.8 Å². The van der Waals surface area contributed by atoms with Crippen LogP contribution in [0.15, 0.2) is 24.3 Å². The van der Waals surface area contributed by atoms with Gasteiger partial charge in [-0.05, 0) is 43.8 Å². The molecule has 0 saturated heterocycles. The molecule has 0 aliphatic rings. The van der Waals surface area contributed by atoms with Crippen molar-refractivity contribution in [1.82, 2.24) is 15.5 Å². The Labute approximate surface area is 127 Å². The van der Waals surface area contributed by atoms with E-state index in [1.54, 1.807) is 7.11 Å². The number of carbonyl (C=O) groups excluding carboxylic acids is 1. The van der Waals surface area contributed by atoms with E-state index in [1.807, 2.05) is 24.3 Å². The van der Waals surface area contributed by atoms with Crippen LogP contribution in [0.2, 0.25) is 0 Å². The molecule has 0 radical (unpaired) electrons. The molecule has 5 nitrogen and oxygen atoms in total. The predicted molar refractivity (Wildman–Crippen MR) is 85.6 cm³/mol. The summed E-state index contributed by atoms with van der Waals surface area (Å²) >= 11 is 0. The summed E-state index contributed by atoms with van der Waals surface area (Å²) < 4.78 is 5.09. The molecule has 5 heteroatoms. The maximum Gasteiger partial charge on any atom is 0.315 e. The molecule has 0 fully saturated rings. The summed E-state index contributed by atoms with van der Waals surface area (Å²) in [7, 11) is 1.64. The third kappa shape index (κ3) is 6.99. The number of nitrogens with one attached hydrogen (secondary N) is 2. The maximum absolute atomic E-state index is 11.7. The fourth-order valence-corrected chi connectivity index (χ4v) is 2.03. The van der Waals surface area contributed by atoms with Crippen LogP contribution in [-0.4, -0.2) is 44.2 Å². The third-order valence-electron chi connectivity index (χ3n) is 3.44. The normalized spacial score (nSPS) is 10.5. The highest BCUT2D eigenvalue weighted by Crippen LogP contribution is 2.10. The van der Waals surface area contributed by atoms with Gasteiger partial charge in [0.25, 0.3) is 0 Å². The van der Waals surface area contributed by atoms with Crippen LogP contribution in [0.25, 0.3) is 0 Å². The van der Waals surface area contributed by atoms with Gasteiger partial charge in [-0.2, -0.15) is 0 Å². The van der Waals surface area contributed by atoms with Crippen molar-refractivity contribution in [2.24, 2.45) is 0 Å². The van der Waals surface area contributed by atoms with Crippen LogP contribution < -0.4 is 15.4 Å². The lowest BCUT2D eigenvalue weighted by molar-refractivity contribution is 0.239. The highest BCUT2D eigenvalue weighted by atomic mass is 16.5. The third-order valence-corrected chi connectivity index (χ3v) is 3.44. The van der Waals surface area contributed by atoms with Gasteiger partial charge in [-0.25, -0.2) is 4.79 Å². The Morgan fingerprint density at radius 1 is 1.14 bits per heavy atom. The van der Waals surface area contributed by atoms with Crippen LogP contribution in [-0.2, 0) is 6.54 Å². The van der Waals surface area contributed by atoms with E-state index in [-0.39, 0.29) is 6.03 Å². The van der Waals surface area contributed by atoms with E-state index in [4.69, 9.17) is 4.74 Å².